The van der Waals surface area contributed by atoms with E-state index in [2.05, 4.69) is 9.98 Å². The smallest absolute Gasteiger partial charge is 0.254 e. The first-order valence-corrected chi connectivity index (χ1v) is 10.0. The van der Waals surface area contributed by atoms with Crippen molar-refractivity contribution in [3.63, 3.8) is 0 Å². The third-order valence-electron chi connectivity index (χ3n) is 5.09. The summed E-state index contributed by atoms with van der Waals surface area (Å²) in [4.78, 5) is 34.0. The quantitative estimate of drug-likeness (QED) is 0.600. The summed E-state index contributed by atoms with van der Waals surface area (Å²) >= 11 is 1.39. The maximum atomic E-state index is 12.1. The maximum absolute atomic E-state index is 12.1. The summed E-state index contributed by atoms with van der Waals surface area (Å²) in [7, 11) is 0. The largest absolute Gasteiger partial charge is 0.436 e. The number of hydrogen-bond donors (Lipinski definition) is 3. The molecule has 9 heteroatoms. The van der Waals surface area contributed by atoms with Gasteiger partial charge in [-0.3, -0.25) is 14.6 Å². The normalized spacial score (nSPS) is 14.2. The number of rotatable bonds is 4. The van der Waals surface area contributed by atoms with Gasteiger partial charge in [0.15, 0.2) is 5.58 Å². The number of nitrogens with zero attached hydrogens (tertiary/aromatic N) is 2. The van der Waals surface area contributed by atoms with Gasteiger partial charge in [-0.2, -0.15) is 0 Å². The lowest BCUT2D eigenvalue weighted by Gasteiger charge is -2.10. The lowest BCUT2D eigenvalue weighted by molar-refractivity contribution is 0.0990. The monoisotopic (exact) mass is 412 g/mol. The molecule has 0 bridgehead atoms. The second-order valence-electron chi connectivity index (χ2n) is 6.97. The van der Waals surface area contributed by atoms with Crippen molar-refractivity contribution in [2.45, 2.75) is 39.2 Å². The Morgan fingerprint density at radius 1 is 1.28 bits per heavy atom. The number of carbonyl (C=O) groups is 2. The van der Waals surface area contributed by atoms with Crippen LogP contribution in [0.25, 0.3) is 11.0 Å². The Labute approximate surface area is 169 Å². The van der Waals surface area contributed by atoms with Gasteiger partial charge in [0.05, 0.1) is 17.9 Å². The van der Waals surface area contributed by atoms with E-state index >= 15 is 0 Å². The van der Waals surface area contributed by atoms with E-state index in [0.717, 1.165) is 36.1 Å². The van der Waals surface area contributed by atoms with Gasteiger partial charge in [-0.05, 0) is 44.2 Å². The van der Waals surface area contributed by atoms with E-state index in [1.54, 1.807) is 6.92 Å². The van der Waals surface area contributed by atoms with Gasteiger partial charge >= 0.3 is 0 Å². The second kappa shape index (κ2) is 7.41. The Morgan fingerprint density at radius 3 is 2.72 bits per heavy atom. The van der Waals surface area contributed by atoms with Crippen molar-refractivity contribution in [1.82, 2.24) is 4.98 Å². The summed E-state index contributed by atoms with van der Waals surface area (Å²) in [5.41, 5.74) is 14.0. The van der Waals surface area contributed by atoms with Crippen LogP contribution in [0, 0.1) is 6.92 Å². The molecule has 0 saturated heterocycles. The van der Waals surface area contributed by atoms with Gasteiger partial charge in [0.25, 0.3) is 11.8 Å². The maximum Gasteiger partial charge on any atom is 0.254 e. The van der Waals surface area contributed by atoms with Crippen molar-refractivity contribution in [3.8, 4) is 0 Å². The molecule has 29 heavy (non-hydrogen) atoms. The summed E-state index contributed by atoms with van der Waals surface area (Å²) in [5.74, 6) is -1.28. The highest BCUT2D eigenvalue weighted by Gasteiger charge is 2.24. The zero-order chi connectivity index (χ0) is 20.7. The molecule has 8 nitrogen and oxygen atoms in total. The number of carbonyl (C=O) groups excluding carboxylic acids is 2. The molecule has 0 radical (unpaired) electrons. The lowest BCUT2D eigenvalue weighted by Crippen LogP contribution is -2.22. The van der Waals surface area contributed by atoms with Crippen LogP contribution in [0.3, 0.4) is 0 Å². The molecule has 3 aromatic heterocycles. The lowest BCUT2D eigenvalue weighted by atomic mass is 9.95. The predicted octanol–water partition coefficient (Wildman–Crippen LogP) is 2.00. The number of amides is 2. The molecule has 0 fully saturated rings. The van der Waals surface area contributed by atoms with E-state index in [1.807, 2.05) is 0 Å². The number of aromatic nitrogens is 1. The molecule has 1 aliphatic rings. The fraction of sp³-hybridized carbons (Fsp3) is 0.300. The summed E-state index contributed by atoms with van der Waals surface area (Å²) in [6.45, 7) is 1.48. The van der Waals surface area contributed by atoms with Gasteiger partial charge in [0.2, 0.25) is 5.55 Å². The van der Waals surface area contributed by atoms with Crippen molar-refractivity contribution < 1.29 is 19.1 Å². The molecule has 0 atom stereocenters. The van der Waals surface area contributed by atoms with Gasteiger partial charge in [0, 0.05) is 22.0 Å². The fourth-order valence-corrected chi connectivity index (χ4v) is 4.91. The van der Waals surface area contributed by atoms with Gasteiger partial charge < -0.3 is 21.0 Å². The highest BCUT2D eigenvalue weighted by atomic mass is 32.1. The van der Waals surface area contributed by atoms with E-state index in [-0.39, 0.29) is 17.7 Å². The SMILES string of the molecule is Cc1ncc(CO)c2cc(C(N)=O)/c(=N/c3sc4c(c3C(N)=O)CCCC4)oc12. The number of nitrogens with two attached hydrogens (primary N) is 2. The Hall–Kier alpha value is -3.04. The highest BCUT2D eigenvalue weighted by molar-refractivity contribution is 7.16. The molecule has 3 aromatic rings. The van der Waals surface area contributed by atoms with Gasteiger partial charge in [-0.1, -0.05) is 0 Å². The highest BCUT2D eigenvalue weighted by Crippen LogP contribution is 2.39. The molecule has 0 unspecified atom stereocenters. The van der Waals surface area contributed by atoms with Crippen LogP contribution in [0.2, 0.25) is 0 Å². The van der Waals surface area contributed by atoms with Crippen molar-refractivity contribution in [2.75, 3.05) is 0 Å². The van der Waals surface area contributed by atoms with Crippen molar-refractivity contribution in [1.29, 1.82) is 0 Å². The second-order valence-corrected chi connectivity index (χ2v) is 8.05. The third kappa shape index (κ3) is 3.32. The molecule has 150 valence electrons. The number of aliphatic hydroxyl groups excluding tert-OH is 1. The van der Waals surface area contributed by atoms with Crippen LogP contribution in [0.5, 0.6) is 0 Å². The molecule has 0 aromatic carbocycles. The molecule has 4 rings (SSSR count). The number of aryl methyl sites for hydroxylation is 2. The van der Waals surface area contributed by atoms with Crippen LogP contribution in [-0.4, -0.2) is 21.9 Å². The fourth-order valence-electron chi connectivity index (χ4n) is 3.65. The van der Waals surface area contributed by atoms with Crippen LogP contribution in [0.15, 0.2) is 21.7 Å². The third-order valence-corrected chi connectivity index (χ3v) is 6.27. The summed E-state index contributed by atoms with van der Waals surface area (Å²) in [6, 6.07) is 1.54. The van der Waals surface area contributed by atoms with Crippen LogP contribution < -0.4 is 17.0 Å². The molecule has 2 amide bonds. The Morgan fingerprint density at radius 2 is 2.03 bits per heavy atom. The average Bonchev–Trinajstić information content (AvgIpc) is 3.06. The number of pyridine rings is 1. The van der Waals surface area contributed by atoms with E-state index in [1.165, 1.54) is 23.6 Å². The topological polar surface area (TPSA) is 145 Å². The number of aliphatic hydroxyl groups is 1. The number of fused-ring (bicyclic) bond motifs is 2. The van der Waals surface area contributed by atoms with Gasteiger partial charge in [0.1, 0.15) is 10.6 Å². The first-order chi connectivity index (χ1) is 13.9. The van der Waals surface area contributed by atoms with Crippen LogP contribution in [0.1, 0.15) is 55.3 Å². The molecule has 3 heterocycles. The van der Waals surface area contributed by atoms with E-state index in [0.29, 0.717) is 32.8 Å². The predicted molar refractivity (Wildman–Crippen MR) is 108 cm³/mol. The molecular formula is C20H20N4O4S. The van der Waals surface area contributed by atoms with Gasteiger partial charge in [-0.15, -0.1) is 11.3 Å². The van der Waals surface area contributed by atoms with Crippen molar-refractivity contribution >= 4 is 39.1 Å². The van der Waals surface area contributed by atoms with E-state index < -0.39 is 11.8 Å². The standard InChI is InChI=1S/C20H20N4O4S/c1-9-16-12(10(8-25)7-23-9)6-13(17(21)26)19(28-16)24-20-15(18(22)27)11-4-2-3-5-14(11)29-20/h6-7,25H,2-5,8H2,1H3,(H2,21,26)(H2,22,27)/b24-19-. The minimum Gasteiger partial charge on any atom is -0.436 e. The number of thiophene rings is 1. The van der Waals surface area contributed by atoms with Crippen molar-refractivity contribution in [2.24, 2.45) is 16.5 Å². The van der Waals surface area contributed by atoms with Crippen LogP contribution in [0.4, 0.5) is 5.00 Å². The average molecular weight is 412 g/mol. The number of primary amides is 2. The van der Waals surface area contributed by atoms with E-state index in [4.69, 9.17) is 15.9 Å². The molecule has 5 N–H and O–H groups in total. The summed E-state index contributed by atoms with van der Waals surface area (Å²) < 4.78 is 5.91. The zero-order valence-corrected chi connectivity index (χ0v) is 16.6. The molecular weight excluding hydrogens is 392 g/mol. The summed E-state index contributed by atoms with van der Waals surface area (Å²) in [6.07, 6.45) is 5.21. The molecule has 1 aliphatic carbocycles. The Kier molecular flexibility index (Phi) is 4.93. The first-order valence-electron chi connectivity index (χ1n) is 9.22. The number of hydrogen-bond acceptors (Lipinski definition) is 7. The van der Waals surface area contributed by atoms with Crippen LogP contribution >= 0.6 is 11.3 Å². The van der Waals surface area contributed by atoms with Gasteiger partial charge in [-0.25, -0.2) is 4.99 Å². The van der Waals surface area contributed by atoms with E-state index in [9.17, 15) is 14.7 Å². The minimum absolute atomic E-state index is 0.00825. The Balaban J connectivity index is 2.04. The molecule has 0 spiro atoms. The van der Waals surface area contributed by atoms with Crippen LogP contribution in [-0.2, 0) is 19.4 Å². The molecule has 0 saturated carbocycles. The molecule has 0 aliphatic heterocycles. The summed E-state index contributed by atoms with van der Waals surface area (Å²) in [5, 5.41) is 10.5. The first kappa shape index (κ1) is 19.3. The van der Waals surface area contributed by atoms with Crippen molar-refractivity contribution in [3.05, 3.63) is 50.6 Å². The minimum atomic E-state index is -0.727. The zero-order valence-electron chi connectivity index (χ0n) is 15.8. The Bertz CT molecular complexity index is 1230.